The predicted molar refractivity (Wildman–Crippen MR) is 56.5 cm³/mol. The number of rotatable bonds is 4. The number of benzene rings is 1. The highest BCUT2D eigenvalue weighted by Crippen LogP contribution is 2.03. The highest BCUT2D eigenvalue weighted by Gasteiger charge is 2.08. The Kier molecular flexibility index (Phi) is 4.32. The van der Waals surface area contributed by atoms with Crippen molar-refractivity contribution in [2.75, 3.05) is 6.61 Å². The second-order valence-electron chi connectivity index (χ2n) is 3.11. The second kappa shape index (κ2) is 5.54. The van der Waals surface area contributed by atoms with Gasteiger partial charge in [-0.25, -0.2) is 0 Å². The minimum absolute atomic E-state index is 0.222. The van der Waals surface area contributed by atoms with E-state index in [0.717, 1.165) is 5.56 Å². The fourth-order valence-corrected chi connectivity index (χ4v) is 1.02. The Balaban J connectivity index is 2.56. The first-order chi connectivity index (χ1) is 6.74. The summed E-state index contributed by atoms with van der Waals surface area (Å²) in [5, 5.41) is 18.1. The van der Waals surface area contributed by atoms with Gasteiger partial charge in [-0.15, -0.1) is 0 Å². The van der Waals surface area contributed by atoms with Gasteiger partial charge in [0.2, 0.25) is 0 Å². The van der Waals surface area contributed by atoms with Gasteiger partial charge in [-0.1, -0.05) is 42.5 Å². The molecule has 2 atom stereocenters. The zero-order valence-corrected chi connectivity index (χ0v) is 7.88. The molecule has 0 radical (unpaired) electrons. The minimum Gasteiger partial charge on any atom is -0.395 e. The van der Waals surface area contributed by atoms with E-state index in [-0.39, 0.29) is 6.61 Å². The summed E-state index contributed by atoms with van der Waals surface area (Å²) in [6, 6.07) is 8.99. The van der Waals surface area contributed by atoms with Gasteiger partial charge in [0.15, 0.2) is 0 Å². The molecule has 76 valence electrons. The van der Waals surface area contributed by atoms with Crippen LogP contribution in [0.3, 0.4) is 0 Å². The van der Waals surface area contributed by atoms with Crippen LogP contribution in [0.15, 0.2) is 36.4 Å². The fraction of sp³-hybridized carbons (Fsp3) is 0.273. The topological polar surface area (TPSA) is 66.5 Å². The summed E-state index contributed by atoms with van der Waals surface area (Å²) in [6.45, 7) is -0.222. The Morgan fingerprint density at radius 3 is 2.50 bits per heavy atom. The summed E-state index contributed by atoms with van der Waals surface area (Å²) in [5.41, 5.74) is 6.43. The van der Waals surface area contributed by atoms with Gasteiger partial charge in [-0.3, -0.25) is 0 Å². The molecule has 4 N–H and O–H groups in total. The van der Waals surface area contributed by atoms with Crippen LogP contribution in [0.25, 0.3) is 6.08 Å². The van der Waals surface area contributed by atoms with Gasteiger partial charge in [-0.05, 0) is 5.56 Å². The Morgan fingerprint density at radius 2 is 1.93 bits per heavy atom. The lowest BCUT2D eigenvalue weighted by atomic mass is 10.1. The molecule has 0 amide bonds. The van der Waals surface area contributed by atoms with Gasteiger partial charge in [0.25, 0.3) is 0 Å². The van der Waals surface area contributed by atoms with E-state index < -0.39 is 12.1 Å². The molecule has 1 aromatic carbocycles. The average Bonchev–Trinajstić information content (AvgIpc) is 2.26. The lowest BCUT2D eigenvalue weighted by Gasteiger charge is -2.11. The number of hydrogen-bond donors (Lipinski definition) is 3. The first-order valence-electron chi connectivity index (χ1n) is 4.52. The maximum Gasteiger partial charge on any atom is 0.0897 e. The van der Waals surface area contributed by atoms with Crippen LogP contribution in [0.2, 0.25) is 0 Å². The van der Waals surface area contributed by atoms with Crippen molar-refractivity contribution in [2.24, 2.45) is 5.73 Å². The summed E-state index contributed by atoms with van der Waals surface area (Å²) in [7, 11) is 0. The van der Waals surface area contributed by atoms with E-state index >= 15 is 0 Å². The summed E-state index contributed by atoms with van der Waals surface area (Å²) in [4.78, 5) is 0. The largest absolute Gasteiger partial charge is 0.395 e. The third kappa shape index (κ3) is 3.30. The van der Waals surface area contributed by atoms with E-state index in [4.69, 9.17) is 10.8 Å². The summed E-state index contributed by atoms with van der Waals surface area (Å²) >= 11 is 0. The van der Waals surface area contributed by atoms with E-state index in [1.54, 1.807) is 12.2 Å². The molecule has 0 aliphatic heterocycles. The lowest BCUT2D eigenvalue weighted by molar-refractivity contribution is 0.145. The van der Waals surface area contributed by atoms with Crippen LogP contribution < -0.4 is 5.73 Å². The standard InChI is InChI=1S/C11H15NO2/c12-10(8-13)11(14)7-6-9-4-2-1-3-5-9/h1-7,10-11,13-14H,8,12H2/b7-6+/t10-,11-/m0/s1. The Labute approximate surface area is 83.5 Å². The number of nitrogens with two attached hydrogens (primary N) is 1. The quantitative estimate of drug-likeness (QED) is 0.647. The van der Waals surface area contributed by atoms with Crippen molar-refractivity contribution in [3.05, 3.63) is 42.0 Å². The van der Waals surface area contributed by atoms with Crippen molar-refractivity contribution in [2.45, 2.75) is 12.1 Å². The fourth-order valence-electron chi connectivity index (χ4n) is 1.02. The van der Waals surface area contributed by atoms with Crippen molar-refractivity contribution in [1.29, 1.82) is 0 Å². The van der Waals surface area contributed by atoms with Crippen LogP contribution in [0, 0.1) is 0 Å². The Morgan fingerprint density at radius 1 is 1.29 bits per heavy atom. The number of aliphatic hydroxyl groups excluding tert-OH is 2. The minimum atomic E-state index is -0.805. The molecule has 0 unspecified atom stereocenters. The van der Waals surface area contributed by atoms with Crippen LogP contribution in [-0.2, 0) is 0 Å². The molecule has 0 fully saturated rings. The van der Waals surface area contributed by atoms with Crippen molar-refractivity contribution in [3.63, 3.8) is 0 Å². The van der Waals surface area contributed by atoms with Gasteiger partial charge in [0, 0.05) is 0 Å². The SMILES string of the molecule is N[C@@H](CO)[C@@H](O)/C=C/c1ccccc1. The van der Waals surface area contributed by atoms with Crippen molar-refractivity contribution in [3.8, 4) is 0 Å². The number of aliphatic hydroxyl groups is 2. The molecule has 0 saturated heterocycles. The lowest BCUT2D eigenvalue weighted by Crippen LogP contribution is -2.36. The van der Waals surface area contributed by atoms with Crippen molar-refractivity contribution >= 4 is 6.08 Å². The van der Waals surface area contributed by atoms with E-state index in [1.807, 2.05) is 30.3 Å². The molecule has 0 aliphatic rings. The molecule has 0 aromatic heterocycles. The molecule has 1 aromatic rings. The van der Waals surface area contributed by atoms with Crippen LogP contribution >= 0.6 is 0 Å². The molecular weight excluding hydrogens is 178 g/mol. The molecule has 0 spiro atoms. The summed E-state index contributed by atoms with van der Waals surface area (Å²) in [5.74, 6) is 0. The zero-order chi connectivity index (χ0) is 10.4. The molecule has 3 heteroatoms. The Bertz CT molecular complexity index is 285. The normalized spacial score (nSPS) is 15.6. The third-order valence-electron chi connectivity index (χ3n) is 1.93. The highest BCUT2D eigenvalue weighted by molar-refractivity contribution is 5.49. The summed E-state index contributed by atoms with van der Waals surface area (Å²) in [6.07, 6.45) is 2.55. The van der Waals surface area contributed by atoms with Crippen molar-refractivity contribution < 1.29 is 10.2 Å². The van der Waals surface area contributed by atoms with E-state index in [9.17, 15) is 5.11 Å². The predicted octanol–water partition coefficient (Wildman–Crippen LogP) is 0.380. The number of hydrogen-bond acceptors (Lipinski definition) is 3. The first kappa shape index (κ1) is 10.9. The summed E-state index contributed by atoms with van der Waals surface area (Å²) < 4.78 is 0. The zero-order valence-electron chi connectivity index (χ0n) is 7.88. The van der Waals surface area contributed by atoms with Crippen LogP contribution in [-0.4, -0.2) is 29.0 Å². The van der Waals surface area contributed by atoms with Crippen LogP contribution in [0.5, 0.6) is 0 Å². The maximum absolute atomic E-state index is 9.41. The molecule has 0 aliphatic carbocycles. The smallest absolute Gasteiger partial charge is 0.0897 e. The molecular formula is C11H15NO2. The van der Waals surface area contributed by atoms with Crippen LogP contribution in [0.4, 0.5) is 0 Å². The average molecular weight is 193 g/mol. The molecule has 0 heterocycles. The van der Waals surface area contributed by atoms with Crippen molar-refractivity contribution in [1.82, 2.24) is 0 Å². The molecule has 14 heavy (non-hydrogen) atoms. The molecule has 3 nitrogen and oxygen atoms in total. The van der Waals surface area contributed by atoms with E-state index in [2.05, 4.69) is 0 Å². The molecule has 1 rings (SSSR count). The maximum atomic E-state index is 9.41. The first-order valence-corrected chi connectivity index (χ1v) is 4.52. The Hall–Kier alpha value is -1.16. The van der Waals surface area contributed by atoms with Gasteiger partial charge in [0.05, 0.1) is 18.8 Å². The van der Waals surface area contributed by atoms with Crippen LogP contribution in [0.1, 0.15) is 5.56 Å². The van der Waals surface area contributed by atoms with E-state index in [0.29, 0.717) is 0 Å². The molecule has 0 saturated carbocycles. The third-order valence-corrected chi connectivity index (χ3v) is 1.93. The van der Waals surface area contributed by atoms with Gasteiger partial charge < -0.3 is 15.9 Å². The highest BCUT2D eigenvalue weighted by atomic mass is 16.3. The monoisotopic (exact) mass is 193 g/mol. The van der Waals surface area contributed by atoms with Gasteiger partial charge >= 0.3 is 0 Å². The second-order valence-corrected chi connectivity index (χ2v) is 3.11. The molecule has 0 bridgehead atoms. The van der Waals surface area contributed by atoms with Gasteiger partial charge in [0.1, 0.15) is 0 Å². The van der Waals surface area contributed by atoms with E-state index in [1.165, 1.54) is 0 Å². The van der Waals surface area contributed by atoms with Gasteiger partial charge in [-0.2, -0.15) is 0 Å².